The SMILES string of the molecule is O=C1C(=O)N(Cc2cc(Br)ccc2F)c2cccc(Br)c21. The van der Waals surface area contributed by atoms with Gasteiger partial charge in [0, 0.05) is 14.5 Å². The van der Waals surface area contributed by atoms with Gasteiger partial charge in [0.2, 0.25) is 0 Å². The van der Waals surface area contributed by atoms with E-state index in [9.17, 15) is 14.0 Å². The molecule has 0 unspecified atom stereocenters. The Morgan fingerprint density at radius 3 is 2.62 bits per heavy atom. The van der Waals surface area contributed by atoms with Crippen LogP contribution in [0.25, 0.3) is 0 Å². The molecule has 1 aliphatic heterocycles. The molecule has 0 N–H and O–H groups in total. The number of anilines is 1. The molecule has 1 amide bonds. The monoisotopic (exact) mass is 411 g/mol. The Kier molecular flexibility index (Phi) is 3.67. The van der Waals surface area contributed by atoms with Gasteiger partial charge in [-0.15, -0.1) is 0 Å². The van der Waals surface area contributed by atoms with Gasteiger partial charge in [-0.25, -0.2) is 4.39 Å². The van der Waals surface area contributed by atoms with E-state index in [1.807, 2.05) is 0 Å². The van der Waals surface area contributed by atoms with Gasteiger partial charge < -0.3 is 4.90 Å². The fraction of sp³-hybridized carbons (Fsp3) is 0.0667. The number of carbonyl (C=O) groups is 2. The number of Topliss-reactive ketones (excluding diaryl/α,β-unsaturated/α-hetero) is 1. The largest absolute Gasteiger partial charge is 0.300 e. The fourth-order valence-corrected chi connectivity index (χ4v) is 3.24. The maximum Gasteiger partial charge on any atom is 0.299 e. The number of rotatable bonds is 2. The van der Waals surface area contributed by atoms with E-state index in [4.69, 9.17) is 0 Å². The van der Waals surface area contributed by atoms with Gasteiger partial charge in [-0.3, -0.25) is 9.59 Å². The average Bonchev–Trinajstić information content (AvgIpc) is 2.69. The molecule has 2 aromatic rings. The van der Waals surface area contributed by atoms with E-state index in [-0.39, 0.29) is 6.54 Å². The van der Waals surface area contributed by atoms with Crippen molar-refractivity contribution in [1.82, 2.24) is 0 Å². The third kappa shape index (κ3) is 2.42. The van der Waals surface area contributed by atoms with Crippen LogP contribution in [0.15, 0.2) is 45.3 Å². The number of nitrogens with zero attached hydrogens (tertiary/aromatic N) is 1. The molecule has 2 aromatic carbocycles. The Labute approximate surface area is 137 Å². The summed E-state index contributed by atoms with van der Waals surface area (Å²) in [6.07, 6.45) is 0. The zero-order valence-corrected chi connectivity index (χ0v) is 13.7. The first-order valence-electron chi connectivity index (χ1n) is 6.07. The number of fused-ring (bicyclic) bond motifs is 1. The van der Waals surface area contributed by atoms with Crippen molar-refractivity contribution in [3.05, 3.63) is 62.3 Å². The van der Waals surface area contributed by atoms with Crippen molar-refractivity contribution in [2.75, 3.05) is 4.90 Å². The fourth-order valence-electron chi connectivity index (χ4n) is 2.29. The van der Waals surface area contributed by atoms with E-state index in [0.29, 0.717) is 25.8 Å². The maximum atomic E-state index is 13.8. The Morgan fingerprint density at radius 1 is 1.10 bits per heavy atom. The van der Waals surface area contributed by atoms with Crippen LogP contribution < -0.4 is 4.90 Å². The summed E-state index contributed by atoms with van der Waals surface area (Å²) in [7, 11) is 0. The van der Waals surface area contributed by atoms with Crippen molar-refractivity contribution >= 4 is 49.2 Å². The van der Waals surface area contributed by atoms with Gasteiger partial charge in [0.1, 0.15) is 5.82 Å². The van der Waals surface area contributed by atoms with E-state index < -0.39 is 17.5 Å². The highest BCUT2D eigenvalue weighted by Gasteiger charge is 2.37. The minimum atomic E-state index is -0.642. The summed E-state index contributed by atoms with van der Waals surface area (Å²) in [5.41, 5.74) is 1.18. The van der Waals surface area contributed by atoms with E-state index in [0.717, 1.165) is 0 Å². The van der Waals surface area contributed by atoms with Crippen LogP contribution in [-0.4, -0.2) is 11.7 Å². The second-order valence-electron chi connectivity index (χ2n) is 4.59. The second kappa shape index (κ2) is 5.35. The normalized spacial score (nSPS) is 13.8. The van der Waals surface area contributed by atoms with Crippen molar-refractivity contribution < 1.29 is 14.0 Å². The first kappa shape index (κ1) is 14.4. The lowest BCUT2D eigenvalue weighted by Crippen LogP contribution is -2.29. The molecule has 3 rings (SSSR count). The molecule has 6 heteroatoms. The lowest BCUT2D eigenvalue weighted by Gasteiger charge is -2.17. The molecule has 0 aliphatic carbocycles. The Morgan fingerprint density at radius 2 is 1.86 bits per heavy atom. The summed E-state index contributed by atoms with van der Waals surface area (Å²) in [6, 6.07) is 9.62. The molecule has 0 saturated carbocycles. The Bertz CT molecular complexity index is 776. The zero-order chi connectivity index (χ0) is 15.1. The van der Waals surface area contributed by atoms with Crippen molar-refractivity contribution in [3.63, 3.8) is 0 Å². The molecule has 0 bridgehead atoms. The summed E-state index contributed by atoms with van der Waals surface area (Å²) in [6.45, 7) is 0.0132. The summed E-state index contributed by atoms with van der Waals surface area (Å²) in [5, 5.41) is 0. The minimum absolute atomic E-state index is 0.0132. The van der Waals surface area contributed by atoms with Gasteiger partial charge >= 0.3 is 0 Å². The molecule has 1 aliphatic rings. The van der Waals surface area contributed by atoms with E-state index in [2.05, 4.69) is 31.9 Å². The first-order chi connectivity index (χ1) is 9.99. The summed E-state index contributed by atoms with van der Waals surface area (Å²) in [5.74, 6) is -1.63. The number of benzene rings is 2. The second-order valence-corrected chi connectivity index (χ2v) is 6.36. The van der Waals surface area contributed by atoms with Crippen LogP contribution in [0.3, 0.4) is 0 Å². The lowest BCUT2D eigenvalue weighted by atomic mass is 10.1. The van der Waals surface area contributed by atoms with E-state index in [1.54, 1.807) is 30.3 Å². The van der Waals surface area contributed by atoms with Crippen LogP contribution in [0.4, 0.5) is 10.1 Å². The number of ketones is 1. The molecule has 0 aromatic heterocycles. The van der Waals surface area contributed by atoms with Crippen molar-refractivity contribution in [2.24, 2.45) is 0 Å². The van der Waals surface area contributed by atoms with Gasteiger partial charge in [0.05, 0.1) is 17.8 Å². The number of hydrogen-bond acceptors (Lipinski definition) is 2. The quantitative estimate of drug-likeness (QED) is 0.697. The molecular weight excluding hydrogens is 405 g/mol. The predicted molar refractivity (Wildman–Crippen MR) is 83.8 cm³/mol. The van der Waals surface area contributed by atoms with Crippen molar-refractivity contribution in [1.29, 1.82) is 0 Å². The molecule has 106 valence electrons. The maximum absolute atomic E-state index is 13.8. The van der Waals surface area contributed by atoms with Crippen LogP contribution >= 0.6 is 31.9 Å². The van der Waals surface area contributed by atoms with Crippen molar-refractivity contribution in [2.45, 2.75) is 6.54 Å². The highest BCUT2D eigenvalue weighted by atomic mass is 79.9. The Balaban J connectivity index is 2.05. The Hall–Kier alpha value is -1.53. The van der Waals surface area contributed by atoms with E-state index in [1.165, 1.54) is 11.0 Å². The molecule has 1 heterocycles. The number of halogens is 3. The minimum Gasteiger partial charge on any atom is -0.300 e. The molecule has 21 heavy (non-hydrogen) atoms. The lowest BCUT2D eigenvalue weighted by molar-refractivity contribution is -0.114. The van der Waals surface area contributed by atoms with Crippen LogP contribution in [0.2, 0.25) is 0 Å². The summed E-state index contributed by atoms with van der Waals surface area (Å²) < 4.78 is 15.1. The van der Waals surface area contributed by atoms with Gasteiger partial charge in [0.25, 0.3) is 11.7 Å². The van der Waals surface area contributed by atoms with Gasteiger partial charge in [-0.1, -0.05) is 22.0 Å². The third-order valence-electron chi connectivity index (χ3n) is 3.29. The van der Waals surface area contributed by atoms with Gasteiger partial charge in [-0.05, 0) is 46.3 Å². The number of carbonyl (C=O) groups excluding carboxylic acids is 2. The molecule has 0 spiro atoms. The molecule has 0 saturated heterocycles. The first-order valence-corrected chi connectivity index (χ1v) is 7.66. The van der Waals surface area contributed by atoms with Gasteiger partial charge in [0.15, 0.2) is 0 Å². The van der Waals surface area contributed by atoms with E-state index >= 15 is 0 Å². The van der Waals surface area contributed by atoms with Crippen LogP contribution in [0.1, 0.15) is 15.9 Å². The highest BCUT2D eigenvalue weighted by Crippen LogP contribution is 2.35. The summed E-state index contributed by atoms with van der Waals surface area (Å²) >= 11 is 6.54. The highest BCUT2D eigenvalue weighted by molar-refractivity contribution is 9.10. The van der Waals surface area contributed by atoms with Crippen LogP contribution in [0.5, 0.6) is 0 Å². The van der Waals surface area contributed by atoms with Crippen molar-refractivity contribution in [3.8, 4) is 0 Å². The third-order valence-corrected chi connectivity index (χ3v) is 4.44. The molecule has 0 radical (unpaired) electrons. The molecule has 0 fully saturated rings. The predicted octanol–water partition coefficient (Wildman–Crippen LogP) is 4.08. The molecule has 0 atom stereocenters. The molecule has 3 nitrogen and oxygen atoms in total. The van der Waals surface area contributed by atoms with Gasteiger partial charge in [-0.2, -0.15) is 0 Å². The summed E-state index contributed by atoms with van der Waals surface area (Å²) in [4.78, 5) is 25.5. The average molecular weight is 413 g/mol. The van der Waals surface area contributed by atoms with Crippen LogP contribution in [-0.2, 0) is 11.3 Å². The molecular formula is C15H8Br2FNO2. The zero-order valence-electron chi connectivity index (χ0n) is 10.6. The standard InChI is InChI=1S/C15H8Br2FNO2/c16-9-4-5-11(18)8(6-9)7-19-12-3-1-2-10(17)13(12)14(20)15(19)21/h1-6H,7H2. The number of amides is 1. The van der Waals surface area contributed by atoms with Crippen LogP contribution in [0, 0.1) is 5.82 Å². The topological polar surface area (TPSA) is 37.4 Å². The smallest absolute Gasteiger partial charge is 0.299 e. The number of hydrogen-bond donors (Lipinski definition) is 0.